The first-order valence-corrected chi connectivity index (χ1v) is 12.3. The molecule has 0 spiro atoms. The van der Waals surface area contributed by atoms with E-state index in [1.54, 1.807) is 12.4 Å². The zero-order chi connectivity index (χ0) is 24.7. The molecule has 0 bridgehead atoms. The van der Waals surface area contributed by atoms with Crippen LogP contribution in [0.5, 0.6) is 0 Å². The van der Waals surface area contributed by atoms with Crippen LogP contribution in [0.1, 0.15) is 43.2 Å². The van der Waals surface area contributed by atoms with Gasteiger partial charge in [0.15, 0.2) is 0 Å². The molecule has 0 atom stereocenters. The lowest BCUT2D eigenvalue weighted by Gasteiger charge is -2.45. The quantitative estimate of drug-likeness (QED) is 0.500. The predicted octanol–water partition coefficient (Wildman–Crippen LogP) is 5.06. The number of nitrogens with one attached hydrogen (secondary N) is 1. The molecule has 0 unspecified atom stereocenters. The van der Waals surface area contributed by atoms with Gasteiger partial charge in [0.2, 0.25) is 11.8 Å². The first kappa shape index (κ1) is 24.5. The van der Waals surface area contributed by atoms with Crippen molar-refractivity contribution in [3.05, 3.63) is 90.3 Å². The third-order valence-electron chi connectivity index (χ3n) is 6.82. The van der Waals surface area contributed by atoms with Crippen molar-refractivity contribution in [2.75, 3.05) is 24.3 Å². The summed E-state index contributed by atoms with van der Waals surface area (Å²) in [6.45, 7) is 0.354. The van der Waals surface area contributed by atoms with Crippen LogP contribution in [-0.2, 0) is 22.6 Å². The van der Waals surface area contributed by atoms with Crippen molar-refractivity contribution in [2.24, 2.45) is 0 Å². The second-order valence-electron chi connectivity index (χ2n) is 9.49. The Morgan fingerprint density at radius 2 is 1.57 bits per heavy atom. The zero-order valence-corrected chi connectivity index (χ0v) is 20.6. The minimum absolute atomic E-state index is 0.0416. The van der Waals surface area contributed by atoms with Crippen molar-refractivity contribution < 1.29 is 9.59 Å². The molecule has 1 aliphatic carbocycles. The number of amides is 2. The van der Waals surface area contributed by atoms with Crippen LogP contribution in [0.15, 0.2) is 79.1 Å². The van der Waals surface area contributed by atoms with Gasteiger partial charge in [-0.25, -0.2) is 0 Å². The van der Waals surface area contributed by atoms with Crippen molar-refractivity contribution in [1.29, 1.82) is 0 Å². The second kappa shape index (κ2) is 11.2. The molecule has 0 aliphatic heterocycles. The highest BCUT2D eigenvalue weighted by molar-refractivity contribution is 6.01. The van der Waals surface area contributed by atoms with Crippen LogP contribution in [0, 0.1) is 0 Å². The van der Waals surface area contributed by atoms with E-state index in [2.05, 4.69) is 10.3 Å². The minimum atomic E-state index is -0.903. The largest absolute Gasteiger partial charge is 0.378 e. The standard InChI is InChI=1S/C29H34N4O2/c1-32(2)26-15-13-25(14-16-26)31-28(35)29(17-7-4-8-18-29)33(22-24-12-9-19-30-21-24)27(34)20-23-10-5-3-6-11-23/h3,5-6,9-16,19,21H,4,7-8,17-18,20,22H2,1-2H3,(H,31,35). The molecule has 1 saturated carbocycles. The van der Waals surface area contributed by atoms with Crippen molar-refractivity contribution in [1.82, 2.24) is 9.88 Å². The fourth-order valence-corrected chi connectivity index (χ4v) is 4.86. The number of nitrogens with zero attached hydrogens (tertiary/aromatic N) is 3. The normalized spacial score (nSPS) is 14.7. The number of rotatable bonds is 8. The minimum Gasteiger partial charge on any atom is -0.378 e. The lowest BCUT2D eigenvalue weighted by atomic mass is 9.78. The number of pyridine rings is 1. The van der Waals surface area contributed by atoms with Gasteiger partial charge in [-0.1, -0.05) is 55.7 Å². The molecule has 1 heterocycles. The molecule has 35 heavy (non-hydrogen) atoms. The van der Waals surface area contributed by atoms with Crippen LogP contribution in [-0.4, -0.2) is 41.3 Å². The molecule has 1 aliphatic rings. The summed E-state index contributed by atoms with van der Waals surface area (Å²) >= 11 is 0. The van der Waals surface area contributed by atoms with Crippen molar-refractivity contribution >= 4 is 23.2 Å². The van der Waals surface area contributed by atoms with E-state index in [-0.39, 0.29) is 18.2 Å². The maximum Gasteiger partial charge on any atom is 0.250 e. The van der Waals surface area contributed by atoms with Crippen molar-refractivity contribution in [3.8, 4) is 0 Å². The molecule has 3 aromatic rings. The van der Waals surface area contributed by atoms with Crippen molar-refractivity contribution in [2.45, 2.75) is 50.6 Å². The maximum atomic E-state index is 14.0. The molecular weight excluding hydrogens is 436 g/mol. The highest BCUT2D eigenvalue weighted by Crippen LogP contribution is 2.37. The molecule has 1 aromatic heterocycles. The van der Waals surface area contributed by atoms with E-state index in [1.165, 1.54) is 0 Å². The number of benzene rings is 2. The Balaban J connectivity index is 1.66. The highest BCUT2D eigenvalue weighted by atomic mass is 16.2. The second-order valence-corrected chi connectivity index (χ2v) is 9.49. The van der Waals surface area contributed by atoms with Gasteiger partial charge in [0.25, 0.3) is 0 Å². The van der Waals surface area contributed by atoms with E-state index in [1.807, 2.05) is 90.6 Å². The summed E-state index contributed by atoms with van der Waals surface area (Å²) in [4.78, 5) is 35.9. The number of carbonyl (C=O) groups excluding carboxylic acids is 2. The Kier molecular flexibility index (Phi) is 7.80. The summed E-state index contributed by atoms with van der Waals surface area (Å²) in [5.41, 5.74) is 2.76. The zero-order valence-electron chi connectivity index (χ0n) is 20.6. The van der Waals surface area contributed by atoms with Gasteiger partial charge in [-0.15, -0.1) is 0 Å². The molecule has 2 amide bonds. The van der Waals surface area contributed by atoms with Crippen molar-refractivity contribution in [3.63, 3.8) is 0 Å². The number of anilines is 2. The molecule has 182 valence electrons. The summed E-state index contributed by atoms with van der Waals surface area (Å²) in [5, 5.41) is 3.14. The van der Waals surface area contributed by atoms with Gasteiger partial charge in [0.1, 0.15) is 5.54 Å². The predicted molar refractivity (Wildman–Crippen MR) is 140 cm³/mol. The summed E-state index contributed by atoms with van der Waals surface area (Å²) in [7, 11) is 3.97. The van der Waals surface area contributed by atoms with Gasteiger partial charge in [0, 0.05) is 44.4 Å². The number of hydrogen-bond acceptors (Lipinski definition) is 4. The molecule has 2 aromatic carbocycles. The maximum absolute atomic E-state index is 14.0. The fourth-order valence-electron chi connectivity index (χ4n) is 4.86. The molecule has 6 heteroatoms. The smallest absolute Gasteiger partial charge is 0.250 e. The van der Waals surface area contributed by atoms with E-state index in [4.69, 9.17) is 0 Å². The monoisotopic (exact) mass is 470 g/mol. The molecule has 1 fully saturated rings. The Morgan fingerprint density at radius 1 is 0.886 bits per heavy atom. The number of carbonyl (C=O) groups is 2. The van der Waals surface area contributed by atoms with E-state index < -0.39 is 5.54 Å². The Hall–Kier alpha value is -3.67. The van der Waals surface area contributed by atoms with Gasteiger partial charge in [0.05, 0.1) is 6.42 Å². The molecule has 4 rings (SSSR count). The van der Waals surface area contributed by atoms with E-state index in [9.17, 15) is 9.59 Å². The van der Waals surface area contributed by atoms with Gasteiger partial charge in [-0.3, -0.25) is 14.6 Å². The van der Waals surface area contributed by atoms with E-state index >= 15 is 0 Å². The van der Waals surface area contributed by atoms with Crippen LogP contribution >= 0.6 is 0 Å². The summed E-state index contributed by atoms with van der Waals surface area (Å²) in [6, 6.07) is 21.4. The molecular formula is C29H34N4O2. The van der Waals surface area contributed by atoms with E-state index in [0.29, 0.717) is 19.4 Å². The number of aromatic nitrogens is 1. The van der Waals surface area contributed by atoms with E-state index in [0.717, 1.165) is 41.8 Å². The Labute approximate surface area is 208 Å². The molecule has 0 saturated heterocycles. The number of hydrogen-bond donors (Lipinski definition) is 1. The van der Waals surface area contributed by atoms with Crippen LogP contribution < -0.4 is 10.2 Å². The first-order valence-electron chi connectivity index (χ1n) is 12.3. The Morgan fingerprint density at radius 3 is 2.20 bits per heavy atom. The third kappa shape index (κ3) is 5.88. The molecule has 6 nitrogen and oxygen atoms in total. The van der Waals surface area contributed by atoms with Gasteiger partial charge in [-0.05, 0) is 54.3 Å². The summed E-state index contributed by atoms with van der Waals surface area (Å²) < 4.78 is 0. The highest BCUT2D eigenvalue weighted by Gasteiger charge is 2.46. The fraction of sp³-hybridized carbons (Fsp3) is 0.345. The molecule has 1 N–H and O–H groups in total. The van der Waals surface area contributed by atoms with Gasteiger partial charge >= 0.3 is 0 Å². The molecule has 0 radical (unpaired) electrons. The topological polar surface area (TPSA) is 65.5 Å². The Bertz CT molecular complexity index is 1110. The van der Waals surface area contributed by atoms with Crippen LogP contribution in [0.25, 0.3) is 0 Å². The van der Waals surface area contributed by atoms with Crippen LogP contribution in [0.2, 0.25) is 0 Å². The SMILES string of the molecule is CN(C)c1ccc(NC(=O)C2(N(Cc3cccnc3)C(=O)Cc3ccccc3)CCCCC2)cc1. The summed E-state index contributed by atoms with van der Waals surface area (Å²) in [6.07, 6.45) is 7.94. The lowest BCUT2D eigenvalue weighted by Crippen LogP contribution is -2.60. The third-order valence-corrected chi connectivity index (χ3v) is 6.82. The van der Waals surface area contributed by atoms with Crippen LogP contribution in [0.4, 0.5) is 11.4 Å². The van der Waals surface area contributed by atoms with Crippen LogP contribution in [0.3, 0.4) is 0 Å². The average molecular weight is 471 g/mol. The summed E-state index contributed by atoms with van der Waals surface area (Å²) in [5.74, 6) is -0.153. The van der Waals surface area contributed by atoms with Gasteiger partial charge in [-0.2, -0.15) is 0 Å². The average Bonchev–Trinajstić information content (AvgIpc) is 2.89. The van der Waals surface area contributed by atoms with Gasteiger partial charge < -0.3 is 15.1 Å². The lowest BCUT2D eigenvalue weighted by molar-refractivity contribution is -0.148. The first-order chi connectivity index (χ1) is 17.0.